The number of alkyl halides is 1. The van der Waals surface area contributed by atoms with Crippen LogP contribution in [0.2, 0.25) is 0 Å². The zero-order chi connectivity index (χ0) is 14.3. The Hall–Kier alpha value is -1.94. The molecule has 0 spiro atoms. The molecule has 0 saturated carbocycles. The van der Waals surface area contributed by atoms with Crippen LogP contribution in [0, 0.1) is 18.6 Å². The highest BCUT2D eigenvalue weighted by Crippen LogP contribution is 2.27. The van der Waals surface area contributed by atoms with Crippen LogP contribution in [0.1, 0.15) is 11.4 Å². The quantitative estimate of drug-likeness (QED) is 0.642. The number of halogens is 3. The third-order valence-electron chi connectivity index (χ3n) is 3.22. The number of hydrogen-bond donors (Lipinski definition) is 0. The highest BCUT2D eigenvalue weighted by atomic mass is 35.5. The van der Waals surface area contributed by atoms with Gasteiger partial charge in [-0.05, 0) is 30.7 Å². The van der Waals surface area contributed by atoms with Crippen molar-refractivity contribution in [1.29, 1.82) is 0 Å². The molecule has 0 radical (unpaired) electrons. The van der Waals surface area contributed by atoms with Crippen molar-refractivity contribution < 1.29 is 8.78 Å². The van der Waals surface area contributed by atoms with E-state index in [0.29, 0.717) is 22.5 Å². The Morgan fingerprint density at radius 3 is 2.70 bits per heavy atom. The number of rotatable bonds is 2. The molecule has 102 valence electrons. The zero-order valence-corrected chi connectivity index (χ0v) is 11.5. The van der Waals surface area contributed by atoms with Crippen molar-refractivity contribution >= 4 is 22.6 Å². The first-order valence-corrected chi connectivity index (χ1v) is 6.63. The summed E-state index contributed by atoms with van der Waals surface area (Å²) < 4.78 is 29.1. The van der Waals surface area contributed by atoms with Crippen LogP contribution in [0.25, 0.3) is 16.7 Å². The minimum Gasteiger partial charge on any atom is -0.292 e. The first kappa shape index (κ1) is 13.1. The molecule has 2 nitrogen and oxygen atoms in total. The molecule has 2 aromatic carbocycles. The molecule has 1 aromatic heterocycles. The maximum atomic E-state index is 14.2. The third kappa shape index (κ3) is 1.96. The standard InChI is InChI=1S/C15H11ClF2N2/c1-9-3-2-4-11(18)15(9)20-13-6-5-10(17)7-12(13)19-14(20)8-16/h2-7H,8H2,1H3. The molecule has 0 saturated heterocycles. The Bertz CT molecular complexity index is 776. The summed E-state index contributed by atoms with van der Waals surface area (Å²) in [5.74, 6) is -0.140. The predicted octanol–water partition coefficient (Wildman–Crippen LogP) is 4.35. The molecule has 0 atom stereocenters. The SMILES string of the molecule is Cc1cccc(F)c1-n1c(CCl)nc2cc(F)ccc21. The number of aryl methyl sites for hydroxylation is 1. The van der Waals surface area contributed by atoms with Gasteiger partial charge < -0.3 is 0 Å². The van der Waals surface area contributed by atoms with E-state index in [1.807, 2.05) is 13.0 Å². The summed E-state index contributed by atoms with van der Waals surface area (Å²) >= 11 is 5.90. The molecule has 0 unspecified atom stereocenters. The van der Waals surface area contributed by atoms with E-state index in [-0.39, 0.29) is 17.5 Å². The van der Waals surface area contributed by atoms with Crippen molar-refractivity contribution in [1.82, 2.24) is 9.55 Å². The molecule has 0 aliphatic rings. The van der Waals surface area contributed by atoms with Gasteiger partial charge in [-0.15, -0.1) is 11.6 Å². The van der Waals surface area contributed by atoms with Gasteiger partial charge in [-0.25, -0.2) is 13.8 Å². The van der Waals surface area contributed by atoms with E-state index < -0.39 is 0 Å². The molecular formula is C15H11ClF2N2. The summed E-state index contributed by atoms with van der Waals surface area (Å²) in [5.41, 5.74) is 2.26. The van der Waals surface area contributed by atoms with Crippen molar-refractivity contribution in [2.24, 2.45) is 0 Å². The summed E-state index contributed by atoms with van der Waals surface area (Å²) in [6.07, 6.45) is 0. The molecule has 3 aromatic rings. The van der Waals surface area contributed by atoms with Crippen LogP contribution in [0.3, 0.4) is 0 Å². The maximum Gasteiger partial charge on any atom is 0.147 e. The van der Waals surface area contributed by atoms with Gasteiger partial charge in [-0.3, -0.25) is 4.57 Å². The molecular weight excluding hydrogens is 282 g/mol. The van der Waals surface area contributed by atoms with E-state index in [2.05, 4.69) is 4.98 Å². The summed E-state index contributed by atoms with van der Waals surface area (Å²) in [6, 6.07) is 9.07. The van der Waals surface area contributed by atoms with Gasteiger partial charge in [0.1, 0.15) is 17.5 Å². The number of hydrogen-bond acceptors (Lipinski definition) is 1. The topological polar surface area (TPSA) is 17.8 Å². The normalized spacial score (nSPS) is 11.2. The maximum absolute atomic E-state index is 14.2. The summed E-state index contributed by atoms with van der Waals surface area (Å²) in [5, 5.41) is 0. The third-order valence-corrected chi connectivity index (χ3v) is 3.46. The summed E-state index contributed by atoms with van der Waals surface area (Å²) in [6.45, 7) is 1.81. The van der Waals surface area contributed by atoms with Gasteiger partial charge in [0.15, 0.2) is 0 Å². The summed E-state index contributed by atoms with van der Waals surface area (Å²) in [4.78, 5) is 4.27. The van der Waals surface area contributed by atoms with Crippen LogP contribution in [0.5, 0.6) is 0 Å². The lowest BCUT2D eigenvalue weighted by molar-refractivity contribution is 0.616. The van der Waals surface area contributed by atoms with Crippen molar-refractivity contribution in [2.45, 2.75) is 12.8 Å². The van der Waals surface area contributed by atoms with Crippen LogP contribution < -0.4 is 0 Å². The Kier molecular flexibility index (Phi) is 3.18. The second-order valence-electron chi connectivity index (χ2n) is 4.54. The van der Waals surface area contributed by atoms with Crippen molar-refractivity contribution in [3.63, 3.8) is 0 Å². The lowest BCUT2D eigenvalue weighted by Gasteiger charge is -2.12. The van der Waals surface area contributed by atoms with E-state index >= 15 is 0 Å². The van der Waals surface area contributed by atoms with Gasteiger partial charge in [0.25, 0.3) is 0 Å². The second kappa shape index (κ2) is 4.87. The molecule has 0 bridgehead atoms. The first-order chi connectivity index (χ1) is 9.61. The molecule has 0 aliphatic carbocycles. The minimum atomic E-state index is -0.381. The number of benzene rings is 2. The van der Waals surface area contributed by atoms with Crippen LogP contribution in [-0.4, -0.2) is 9.55 Å². The predicted molar refractivity (Wildman–Crippen MR) is 75.3 cm³/mol. The van der Waals surface area contributed by atoms with Gasteiger partial charge in [0.2, 0.25) is 0 Å². The minimum absolute atomic E-state index is 0.115. The molecule has 0 fully saturated rings. The van der Waals surface area contributed by atoms with Gasteiger partial charge in [-0.1, -0.05) is 12.1 Å². The number of fused-ring (bicyclic) bond motifs is 1. The lowest BCUT2D eigenvalue weighted by Crippen LogP contribution is -2.04. The monoisotopic (exact) mass is 292 g/mol. The zero-order valence-electron chi connectivity index (χ0n) is 10.7. The van der Waals surface area contributed by atoms with E-state index in [1.54, 1.807) is 16.7 Å². The van der Waals surface area contributed by atoms with E-state index in [1.165, 1.54) is 18.2 Å². The second-order valence-corrected chi connectivity index (χ2v) is 4.80. The number of nitrogens with zero attached hydrogens (tertiary/aromatic N) is 2. The van der Waals surface area contributed by atoms with Crippen LogP contribution in [0.4, 0.5) is 8.78 Å². The molecule has 20 heavy (non-hydrogen) atoms. The van der Waals surface area contributed by atoms with Crippen molar-refractivity contribution in [2.75, 3.05) is 0 Å². The Morgan fingerprint density at radius 1 is 1.20 bits per heavy atom. The molecule has 1 heterocycles. The highest BCUT2D eigenvalue weighted by Gasteiger charge is 2.16. The molecule has 0 aliphatic heterocycles. The fourth-order valence-corrected chi connectivity index (χ4v) is 2.53. The number of aromatic nitrogens is 2. The number of imidazole rings is 1. The smallest absolute Gasteiger partial charge is 0.147 e. The molecule has 0 N–H and O–H groups in total. The highest BCUT2D eigenvalue weighted by molar-refractivity contribution is 6.17. The Morgan fingerprint density at radius 2 is 2.00 bits per heavy atom. The van der Waals surface area contributed by atoms with Crippen LogP contribution in [0.15, 0.2) is 36.4 Å². The Labute approximate surface area is 119 Å². The van der Waals surface area contributed by atoms with E-state index in [4.69, 9.17) is 11.6 Å². The van der Waals surface area contributed by atoms with Crippen molar-refractivity contribution in [3.8, 4) is 5.69 Å². The Balaban J connectivity index is 2.40. The largest absolute Gasteiger partial charge is 0.292 e. The molecule has 0 amide bonds. The van der Waals surface area contributed by atoms with E-state index in [0.717, 1.165) is 5.56 Å². The van der Waals surface area contributed by atoms with Gasteiger partial charge >= 0.3 is 0 Å². The van der Waals surface area contributed by atoms with Crippen molar-refractivity contribution in [3.05, 3.63) is 59.4 Å². The average molecular weight is 293 g/mol. The van der Waals surface area contributed by atoms with E-state index in [9.17, 15) is 8.78 Å². The van der Waals surface area contributed by atoms with Gasteiger partial charge in [0, 0.05) is 6.07 Å². The van der Waals surface area contributed by atoms with Gasteiger partial charge in [-0.2, -0.15) is 0 Å². The molecule has 5 heteroatoms. The lowest BCUT2D eigenvalue weighted by atomic mass is 10.2. The van der Waals surface area contributed by atoms with Crippen LogP contribution in [-0.2, 0) is 5.88 Å². The average Bonchev–Trinajstić information content (AvgIpc) is 2.76. The number of para-hydroxylation sites is 1. The fraction of sp³-hybridized carbons (Fsp3) is 0.133. The van der Waals surface area contributed by atoms with Crippen LogP contribution >= 0.6 is 11.6 Å². The summed E-state index contributed by atoms with van der Waals surface area (Å²) in [7, 11) is 0. The van der Waals surface area contributed by atoms with Gasteiger partial charge in [0.05, 0.1) is 22.6 Å². The first-order valence-electron chi connectivity index (χ1n) is 6.10. The molecule has 3 rings (SSSR count). The fourth-order valence-electron chi connectivity index (χ4n) is 2.35.